The van der Waals surface area contributed by atoms with Crippen LogP contribution in [0.3, 0.4) is 0 Å². The SMILES string of the molecule is CCCCCCCCCCCCCCCCCC(=O)OCCOCCOCCOCCOCCOCCOCCOCCOCCOC(=O)C(CC)CCCC. The van der Waals surface area contributed by atoms with Crippen molar-refractivity contribution >= 4 is 11.9 Å². The summed E-state index contributed by atoms with van der Waals surface area (Å²) < 4.78 is 54.5. The van der Waals surface area contributed by atoms with Gasteiger partial charge in [-0.1, -0.05) is 124 Å². The van der Waals surface area contributed by atoms with Crippen LogP contribution >= 0.6 is 0 Å². The molecule has 0 aromatic rings. The Kier molecular flexibility index (Phi) is 46.8. The number of ether oxygens (including phenoxy) is 10. The van der Waals surface area contributed by atoms with E-state index < -0.39 is 0 Å². The molecule has 0 aliphatic carbocycles. The van der Waals surface area contributed by atoms with Crippen LogP contribution in [0.2, 0.25) is 0 Å². The number of esters is 2. The van der Waals surface area contributed by atoms with Crippen molar-refractivity contribution in [1.82, 2.24) is 0 Å². The molecule has 0 spiro atoms. The third kappa shape index (κ3) is 43.7. The van der Waals surface area contributed by atoms with Crippen molar-refractivity contribution in [1.29, 1.82) is 0 Å². The second-order valence-electron chi connectivity index (χ2n) is 14.2. The van der Waals surface area contributed by atoms with Gasteiger partial charge in [-0.05, 0) is 19.3 Å². The lowest BCUT2D eigenvalue weighted by atomic mass is 10.00. The molecule has 0 radical (unpaired) electrons. The van der Waals surface area contributed by atoms with Gasteiger partial charge in [0.2, 0.25) is 0 Å². The van der Waals surface area contributed by atoms with E-state index in [1.165, 1.54) is 83.5 Å². The van der Waals surface area contributed by atoms with E-state index in [-0.39, 0.29) is 31.1 Å². The molecule has 12 heteroatoms. The first-order valence-corrected chi connectivity index (χ1v) is 22.6. The Balaban J connectivity index is 3.20. The fraction of sp³-hybridized carbons (Fsp3) is 0.955. The van der Waals surface area contributed by atoms with Crippen LogP contribution in [0.1, 0.15) is 149 Å². The van der Waals surface area contributed by atoms with E-state index >= 15 is 0 Å². The van der Waals surface area contributed by atoms with E-state index in [0.717, 1.165) is 38.5 Å². The average molecular weight is 807 g/mol. The summed E-state index contributed by atoms with van der Waals surface area (Å²) in [6.45, 7) is 14.5. The molecule has 0 saturated carbocycles. The highest BCUT2D eigenvalue weighted by Crippen LogP contribution is 2.15. The van der Waals surface area contributed by atoms with Crippen LogP contribution in [-0.2, 0) is 57.0 Å². The Morgan fingerprint density at radius 3 is 0.946 bits per heavy atom. The van der Waals surface area contributed by atoms with E-state index in [1.54, 1.807) is 0 Å². The maximum atomic E-state index is 12.0. The van der Waals surface area contributed by atoms with E-state index in [9.17, 15) is 9.59 Å². The molecular weight excluding hydrogens is 720 g/mol. The first kappa shape index (κ1) is 54.6. The first-order valence-electron chi connectivity index (χ1n) is 22.6. The van der Waals surface area contributed by atoms with Gasteiger partial charge in [-0.25, -0.2) is 0 Å². The van der Waals surface area contributed by atoms with Gasteiger partial charge in [0, 0.05) is 6.42 Å². The minimum Gasteiger partial charge on any atom is -0.463 e. The predicted octanol–water partition coefficient (Wildman–Crippen LogP) is 8.68. The lowest BCUT2D eigenvalue weighted by Gasteiger charge is -2.13. The zero-order valence-corrected chi connectivity index (χ0v) is 36.3. The van der Waals surface area contributed by atoms with E-state index in [2.05, 4.69) is 13.8 Å². The lowest BCUT2D eigenvalue weighted by Crippen LogP contribution is -2.20. The summed E-state index contributed by atoms with van der Waals surface area (Å²) in [5.41, 5.74) is 0. The normalized spacial score (nSPS) is 12.0. The number of hydrogen-bond acceptors (Lipinski definition) is 12. The van der Waals surface area contributed by atoms with Gasteiger partial charge < -0.3 is 47.4 Å². The Morgan fingerprint density at radius 1 is 0.339 bits per heavy atom. The maximum Gasteiger partial charge on any atom is 0.308 e. The van der Waals surface area contributed by atoms with Crippen molar-refractivity contribution in [3.8, 4) is 0 Å². The standard InChI is InChI=1S/C44H86O12/c1-4-7-9-10-11-12-13-14-15-16-17-18-19-20-21-23-43(45)55-40-38-53-36-34-51-32-30-49-28-26-47-24-25-48-27-29-50-31-33-52-35-37-54-39-41-56-44(46)42(6-3)22-8-5-2/h42H,4-41H2,1-3H3. The Labute approximate surface area is 342 Å². The Bertz CT molecular complexity index is 787. The second-order valence-corrected chi connectivity index (χ2v) is 14.2. The van der Waals surface area contributed by atoms with Gasteiger partial charge in [0.15, 0.2) is 0 Å². The molecule has 0 saturated heterocycles. The van der Waals surface area contributed by atoms with Crippen molar-refractivity contribution in [3.63, 3.8) is 0 Å². The highest BCUT2D eigenvalue weighted by atomic mass is 16.6. The number of hydrogen-bond donors (Lipinski definition) is 0. The minimum absolute atomic E-state index is 0.00534. The van der Waals surface area contributed by atoms with Crippen molar-refractivity contribution < 1.29 is 57.0 Å². The molecule has 0 aromatic heterocycles. The van der Waals surface area contributed by atoms with Crippen molar-refractivity contribution in [2.75, 3.05) is 119 Å². The molecule has 0 fully saturated rings. The summed E-state index contributed by atoms with van der Waals surface area (Å²) in [6, 6.07) is 0. The van der Waals surface area contributed by atoms with Gasteiger partial charge in [-0.15, -0.1) is 0 Å². The van der Waals surface area contributed by atoms with Crippen LogP contribution in [0.25, 0.3) is 0 Å². The molecule has 0 N–H and O–H groups in total. The first-order chi connectivity index (χ1) is 27.7. The fourth-order valence-electron chi connectivity index (χ4n) is 5.83. The van der Waals surface area contributed by atoms with Gasteiger partial charge in [0.25, 0.3) is 0 Å². The zero-order valence-electron chi connectivity index (χ0n) is 36.3. The van der Waals surface area contributed by atoms with Crippen molar-refractivity contribution in [2.45, 2.75) is 149 Å². The predicted molar refractivity (Wildman–Crippen MR) is 221 cm³/mol. The Morgan fingerprint density at radius 2 is 0.625 bits per heavy atom. The largest absolute Gasteiger partial charge is 0.463 e. The summed E-state index contributed by atoms with van der Waals surface area (Å²) in [5.74, 6) is -0.258. The van der Waals surface area contributed by atoms with Crippen LogP contribution in [0.15, 0.2) is 0 Å². The zero-order chi connectivity index (χ0) is 40.7. The van der Waals surface area contributed by atoms with Gasteiger partial charge in [0.05, 0.1) is 112 Å². The van der Waals surface area contributed by atoms with Gasteiger partial charge >= 0.3 is 11.9 Å². The quantitative estimate of drug-likeness (QED) is 0.0431. The molecular formula is C44H86O12. The van der Waals surface area contributed by atoms with E-state index in [4.69, 9.17) is 47.4 Å². The minimum atomic E-state index is -0.132. The molecule has 0 rings (SSSR count). The summed E-state index contributed by atoms with van der Waals surface area (Å²) in [4.78, 5) is 23.9. The van der Waals surface area contributed by atoms with Crippen LogP contribution in [0.4, 0.5) is 0 Å². The fourth-order valence-corrected chi connectivity index (χ4v) is 5.83. The van der Waals surface area contributed by atoms with Crippen molar-refractivity contribution in [3.05, 3.63) is 0 Å². The van der Waals surface area contributed by atoms with E-state index in [1.807, 2.05) is 6.92 Å². The number of rotatable bonds is 48. The van der Waals surface area contributed by atoms with Crippen LogP contribution in [0, 0.1) is 5.92 Å². The molecule has 1 unspecified atom stereocenters. The summed E-state index contributed by atoms with van der Waals surface area (Å²) >= 11 is 0. The van der Waals surface area contributed by atoms with Crippen LogP contribution in [-0.4, -0.2) is 131 Å². The number of carbonyl (C=O) groups is 2. The highest BCUT2D eigenvalue weighted by molar-refractivity contribution is 5.72. The number of unbranched alkanes of at least 4 members (excludes halogenated alkanes) is 15. The highest BCUT2D eigenvalue weighted by Gasteiger charge is 2.17. The molecule has 0 aromatic carbocycles. The summed E-state index contributed by atoms with van der Waals surface area (Å²) in [7, 11) is 0. The van der Waals surface area contributed by atoms with Gasteiger partial charge in [-0.2, -0.15) is 0 Å². The monoisotopic (exact) mass is 807 g/mol. The third-order valence-electron chi connectivity index (χ3n) is 9.28. The topological polar surface area (TPSA) is 126 Å². The molecule has 0 aliphatic heterocycles. The summed E-state index contributed by atoms with van der Waals surface area (Å²) in [6.07, 6.45) is 24.0. The van der Waals surface area contributed by atoms with Crippen LogP contribution < -0.4 is 0 Å². The van der Waals surface area contributed by atoms with Gasteiger partial charge in [-0.3, -0.25) is 9.59 Å². The Hall–Kier alpha value is -1.38. The average Bonchev–Trinajstić information content (AvgIpc) is 3.20. The molecule has 1 atom stereocenters. The number of carbonyl (C=O) groups excluding carboxylic acids is 2. The van der Waals surface area contributed by atoms with Crippen LogP contribution in [0.5, 0.6) is 0 Å². The third-order valence-corrected chi connectivity index (χ3v) is 9.28. The molecule has 56 heavy (non-hydrogen) atoms. The molecule has 12 nitrogen and oxygen atoms in total. The molecule has 0 amide bonds. The van der Waals surface area contributed by atoms with E-state index in [0.29, 0.717) is 112 Å². The summed E-state index contributed by atoms with van der Waals surface area (Å²) in [5, 5.41) is 0. The smallest absolute Gasteiger partial charge is 0.308 e. The molecule has 334 valence electrons. The van der Waals surface area contributed by atoms with Gasteiger partial charge in [0.1, 0.15) is 13.2 Å². The van der Waals surface area contributed by atoms with Crippen molar-refractivity contribution in [2.24, 2.45) is 5.92 Å². The maximum absolute atomic E-state index is 12.0. The molecule has 0 heterocycles. The molecule has 0 aliphatic rings. The molecule has 0 bridgehead atoms. The lowest BCUT2D eigenvalue weighted by molar-refractivity contribution is -0.150. The second kappa shape index (κ2) is 48.0.